The van der Waals surface area contributed by atoms with Crippen LogP contribution >= 0.6 is 23.2 Å². The Balaban J connectivity index is 1.89. The van der Waals surface area contributed by atoms with Crippen LogP contribution in [-0.2, 0) is 6.67 Å². The van der Waals surface area contributed by atoms with Gasteiger partial charge in [0.1, 0.15) is 12.3 Å². The number of hydrogen-bond acceptors (Lipinski definition) is 3. The van der Waals surface area contributed by atoms with Gasteiger partial charge in [0, 0.05) is 31.0 Å². The quantitative estimate of drug-likeness (QED) is 0.550. The highest BCUT2D eigenvalue weighted by atomic mass is 35.5. The van der Waals surface area contributed by atoms with E-state index >= 15 is 0 Å². The van der Waals surface area contributed by atoms with Crippen molar-refractivity contribution in [2.45, 2.75) is 33.4 Å². The van der Waals surface area contributed by atoms with Gasteiger partial charge >= 0.3 is 0 Å². The number of anilines is 1. The molecule has 0 bridgehead atoms. The minimum atomic E-state index is -0.701. The van der Waals surface area contributed by atoms with Crippen LogP contribution in [0, 0.1) is 5.41 Å². The monoisotopic (exact) mass is 406 g/mol. The van der Waals surface area contributed by atoms with Crippen LogP contribution in [0.2, 0.25) is 10.0 Å². The second-order valence-corrected chi connectivity index (χ2v) is 8.53. The predicted octanol–water partition coefficient (Wildman–Crippen LogP) is 5.80. The topological polar surface area (TPSA) is 33.4 Å². The summed E-state index contributed by atoms with van der Waals surface area (Å²) in [4.78, 5) is 11.4. The number of alkyl halides is 1. The number of rotatable bonds is 3. The van der Waals surface area contributed by atoms with Crippen molar-refractivity contribution in [3.8, 4) is 11.1 Å². The largest absolute Gasteiger partial charge is 0.342 e. The molecule has 0 aliphatic carbocycles. The number of fused-ring (bicyclic) bond motifs is 1. The first-order valence-electron chi connectivity index (χ1n) is 9.02. The predicted molar refractivity (Wildman–Crippen MR) is 108 cm³/mol. The molecule has 1 saturated heterocycles. The van der Waals surface area contributed by atoms with E-state index < -0.39 is 6.67 Å². The molecule has 1 aromatic carbocycles. The van der Waals surface area contributed by atoms with Gasteiger partial charge in [-0.05, 0) is 24.3 Å². The molecule has 142 valence electrons. The number of nitrogens with zero attached hydrogens (tertiary/aromatic N) is 4. The molecule has 4 nitrogen and oxygen atoms in total. The molecular formula is C20H21Cl2FN4. The van der Waals surface area contributed by atoms with Crippen LogP contribution in [-0.4, -0.2) is 27.5 Å². The van der Waals surface area contributed by atoms with E-state index in [0.717, 1.165) is 31.9 Å². The molecule has 1 aliphatic heterocycles. The summed E-state index contributed by atoms with van der Waals surface area (Å²) in [6.45, 7) is 5.63. The van der Waals surface area contributed by atoms with E-state index in [9.17, 15) is 4.39 Å². The van der Waals surface area contributed by atoms with Crippen molar-refractivity contribution in [2.75, 3.05) is 18.0 Å². The lowest BCUT2D eigenvalue weighted by Crippen LogP contribution is -2.38. The molecule has 0 radical (unpaired) electrons. The second kappa shape index (κ2) is 6.95. The molecule has 1 aliphatic rings. The first-order valence-corrected chi connectivity index (χ1v) is 9.78. The molecule has 2 aromatic heterocycles. The molecule has 3 heterocycles. The molecular weight excluding hydrogens is 386 g/mol. The Morgan fingerprint density at radius 2 is 1.93 bits per heavy atom. The third kappa shape index (κ3) is 3.27. The highest BCUT2D eigenvalue weighted by molar-refractivity contribution is 6.43. The second-order valence-electron chi connectivity index (χ2n) is 7.74. The van der Waals surface area contributed by atoms with Crippen molar-refractivity contribution >= 4 is 34.8 Å². The Bertz CT molecular complexity index is 989. The van der Waals surface area contributed by atoms with E-state index in [1.807, 2.05) is 16.7 Å². The zero-order chi connectivity index (χ0) is 19.2. The van der Waals surface area contributed by atoms with Gasteiger partial charge in [0.15, 0.2) is 0 Å². The third-order valence-corrected chi connectivity index (χ3v) is 6.17. The van der Waals surface area contributed by atoms with Gasteiger partial charge in [-0.25, -0.2) is 14.4 Å². The van der Waals surface area contributed by atoms with Crippen LogP contribution in [0.5, 0.6) is 0 Å². The van der Waals surface area contributed by atoms with Crippen molar-refractivity contribution < 1.29 is 4.39 Å². The average molecular weight is 407 g/mol. The maximum Gasteiger partial charge on any atom is 0.211 e. The Morgan fingerprint density at radius 1 is 1.19 bits per heavy atom. The average Bonchev–Trinajstić information content (AvgIpc) is 3.13. The molecule has 0 saturated carbocycles. The number of hydrogen-bond donors (Lipinski definition) is 0. The minimum Gasteiger partial charge on any atom is -0.342 e. The van der Waals surface area contributed by atoms with Crippen LogP contribution in [0.15, 0.2) is 30.6 Å². The minimum absolute atomic E-state index is 0.321. The van der Waals surface area contributed by atoms with Crippen molar-refractivity contribution in [1.29, 1.82) is 0 Å². The standard InChI is InChI=1S/C20H21Cl2FN4/c1-20(2)6-9-26(10-7-20)19-25-15(12-23)16(18-24-8-11-27(18)19)13-4-3-5-14(21)17(13)22/h3-5,8,11H,6-7,9-10,12H2,1-2H3. The Labute approximate surface area is 167 Å². The Hall–Kier alpha value is -1.85. The van der Waals surface area contributed by atoms with Gasteiger partial charge in [0.25, 0.3) is 0 Å². The fourth-order valence-electron chi connectivity index (χ4n) is 3.61. The molecule has 4 rings (SSSR count). The number of imidazole rings is 1. The van der Waals surface area contributed by atoms with E-state index in [4.69, 9.17) is 23.2 Å². The van der Waals surface area contributed by atoms with Crippen LogP contribution in [0.1, 0.15) is 32.4 Å². The SMILES string of the molecule is CC1(C)CCN(c2nc(CF)c(-c3cccc(Cl)c3Cl)c3nccn23)CC1. The number of aromatic nitrogens is 3. The number of piperidine rings is 1. The van der Waals surface area contributed by atoms with Gasteiger partial charge in [-0.3, -0.25) is 4.40 Å². The van der Waals surface area contributed by atoms with Gasteiger partial charge in [-0.15, -0.1) is 0 Å². The molecule has 0 amide bonds. The van der Waals surface area contributed by atoms with Crippen molar-refractivity contribution in [3.63, 3.8) is 0 Å². The molecule has 1 fully saturated rings. The van der Waals surface area contributed by atoms with Crippen LogP contribution < -0.4 is 4.90 Å². The first-order chi connectivity index (χ1) is 12.9. The van der Waals surface area contributed by atoms with Gasteiger partial charge in [0.05, 0.1) is 21.3 Å². The fourth-order valence-corrected chi connectivity index (χ4v) is 4.01. The summed E-state index contributed by atoms with van der Waals surface area (Å²) in [6, 6.07) is 5.33. The smallest absolute Gasteiger partial charge is 0.211 e. The van der Waals surface area contributed by atoms with Gasteiger partial charge in [0.2, 0.25) is 5.95 Å². The molecule has 0 atom stereocenters. The summed E-state index contributed by atoms with van der Waals surface area (Å²) in [5, 5.41) is 0.805. The van der Waals surface area contributed by atoms with Gasteiger partial charge < -0.3 is 4.90 Å². The maximum atomic E-state index is 14.0. The Morgan fingerprint density at radius 3 is 2.63 bits per heavy atom. The van der Waals surface area contributed by atoms with E-state index in [0.29, 0.717) is 37.9 Å². The summed E-state index contributed by atoms with van der Waals surface area (Å²) in [6.07, 6.45) is 5.70. The summed E-state index contributed by atoms with van der Waals surface area (Å²) < 4.78 is 15.9. The lowest BCUT2D eigenvalue weighted by Gasteiger charge is -2.37. The molecule has 7 heteroatoms. The van der Waals surface area contributed by atoms with E-state index in [1.165, 1.54) is 0 Å². The summed E-state index contributed by atoms with van der Waals surface area (Å²) >= 11 is 12.6. The number of benzene rings is 1. The van der Waals surface area contributed by atoms with Crippen molar-refractivity contribution in [3.05, 3.63) is 46.3 Å². The fraction of sp³-hybridized carbons (Fsp3) is 0.400. The third-order valence-electron chi connectivity index (χ3n) is 5.35. The van der Waals surface area contributed by atoms with Crippen LogP contribution in [0.4, 0.5) is 10.3 Å². The van der Waals surface area contributed by atoms with E-state index in [-0.39, 0.29) is 0 Å². The van der Waals surface area contributed by atoms with Crippen molar-refractivity contribution in [1.82, 2.24) is 14.4 Å². The highest BCUT2D eigenvalue weighted by Crippen LogP contribution is 2.39. The molecule has 0 spiro atoms. The zero-order valence-electron chi connectivity index (χ0n) is 15.3. The van der Waals surface area contributed by atoms with E-state index in [1.54, 1.807) is 18.3 Å². The van der Waals surface area contributed by atoms with Gasteiger partial charge in [-0.2, -0.15) is 0 Å². The number of halogens is 3. The summed E-state index contributed by atoms with van der Waals surface area (Å²) in [7, 11) is 0. The maximum absolute atomic E-state index is 14.0. The molecule has 27 heavy (non-hydrogen) atoms. The summed E-state index contributed by atoms with van der Waals surface area (Å²) in [5.41, 5.74) is 2.53. The summed E-state index contributed by atoms with van der Waals surface area (Å²) in [5.74, 6) is 0.729. The van der Waals surface area contributed by atoms with E-state index in [2.05, 4.69) is 28.7 Å². The normalized spacial score (nSPS) is 16.9. The Kier molecular flexibility index (Phi) is 4.77. The lowest BCUT2D eigenvalue weighted by molar-refractivity contribution is 0.278. The van der Waals surface area contributed by atoms with Crippen LogP contribution in [0.25, 0.3) is 16.8 Å². The zero-order valence-corrected chi connectivity index (χ0v) is 16.9. The molecule has 0 unspecified atom stereocenters. The first kappa shape index (κ1) is 18.5. The molecule has 0 N–H and O–H groups in total. The lowest BCUT2D eigenvalue weighted by atomic mass is 9.83. The van der Waals surface area contributed by atoms with Crippen molar-refractivity contribution in [2.24, 2.45) is 5.41 Å². The molecule has 3 aromatic rings. The van der Waals surface area contributed by atoms with Crippen LogP contribution in [0.3, 0.4) is 0 Å². The highest BCUT2D eigenvalue weighted by Gasteiger charge is 2.28. The van der Waals surface area contributed by atoms with Gasteiger partial charge in [-0.1, -0.05) is 49.2 Å².